The Labute approximate surface area is 179 Å². The lowest BCUT2D eigenvalue weighted by Gasteiger charge is -2.13. The second-order valence-electron chi connectivity index (χ2n) is 6.88. The molecule has 9 nitrogen and oxygen atoms in total. The van der Waals surface area contributed by atoms with Crippen LogP contribution in [0.5, 0.6) is 17.2 Å². The molecule has 3 rings (SSSR count). The zero-order chi connectivity index (χ0) is 22.5. The van der Waals surface area contributed by atoms with Crippen molar-refractivity contribution in [2.24, 2.45) is 0 Å². The number of hydrogen-bond donors (Lipinski definition) is 3. The highest BCUT2D eigenvalue weighted by Crippen LogP contribution is 2.33. The molecule has 0 aliphatic rings. The van der Waals surface area contributed by atoms with E-state index in [1.54, 1.807) is 20.2 Å². The Kier molecular flexibility index (Phi) is 6.64. The van der Waals surface area contributed by atoms with Crippen LogP contribution >= 0.6 is 0 Å². The van der Waals surface area contributed by atoms with Gasteiger partial charge in [-0.1, -0.05) is 0 Å². The minimum Gasteiger partial charge on any atom is -0.496 e. The van der Waals surface area contributed by atoms with Gasteiger partial charge in [0.15, 0.2) is 0 Å². The third-order valence-electron chi connectivity index (χ3n) is 4.91. The number of nitrogens with one attached hydrogen (secondary N) is 3. The zero-order valence-corrected chi connectivity index (χ0v) is 18.2. The number of H-pyrrole nitrogens is 1. The molecule has 164 valence electrons. The quantitative estimate of drug-likeness (QED) is 0.500. The number of nitrogens with zero attached hydrogens (tertiary/aromatic N) is 1. The number of amides is 2. The standard InChI is InChI=1S/C22H26N4O5/c1-12-10-14(6-7-15(12)31-9-8-24-22(28)23-3)20-25-19-13(2)16(29-4)11-17(30-5)18(19)21(27)26-20/h6-7,10-11H,8-9H2,1-5H3,(H2,23,24,28)(H,25,26,27). The molecule has 0 radical (unpaired) electrons. The van der Waals surface area contributed by atoms with Crippen LogP contribution in [-0.4, -0.2) is 50.4 Å². The molecule has 9 heteroatoms. The van der Waals surface area contributed by atoms with Gasteiger partial charge in [0.25, 0.3) is 5.56 Å². The number of ether oxygens (including phenoxy) is 3. The highest BCUT2D eigenvalue weighted by atomic mass is 16.5. The Morgan fingerprint density at radius 2 is 1.84 bits per heavy atom. The van der Waals surface area contributed by atoms with Gasteiger partial charge in [-0.15, -0.1) is 0 Å². The minimum absolute atomic E-state index is 0.259. The summed E-state index contributed by atoms with van der Waals surface area (Å²) in [6, 6.07) is 6.95. The van der Waals surface area contributed by atoms with Crippen molar-refractivity contribution in [1.29, 1.82) is 0 Å². The van der Waals surface area contributed by atoms with Gasteiger partial charge in [0.2, 0.25) is 0 Å². The largest absolute Gasteiger partial charge is 0.496 e. The smallest absolute Gasteiger partial charge is 0.314 e. The molecule has 0 aliphatic carbocycles. The van der Waals surface area contributed by atoms with Crippen molar-refractivity contribution < 1.29 is 19.0 Å². The fraction of sp³-hybridized carbons (Fsp3) is 0.318. The molecule has 2 aromatic carbocycles. The molecule has 0 saturated carbocycles. The summed E-state index contributed by atoms with van der Waals surface area (Å²) in [6.45, 7) is 4.47. The number of fused-ring (bicyclic) bond motifs is 1. The van der Waals surface area contributed by atoms with Crippen LogP contribution in [0.15, 0.2) is 29.1 Å². The van der Waals surface area contributed by atoms with E-state index in [1.807, 2.05) is 32.0 Å². The summed E-state index contributed by atoms with van der Waals surface area (Å²) in [5.74, 6) is 2.12. The molecule has 1 aromatic heterocycles. The summed E-state index contributed by atoms with van der Waals surface area (Å²) in [5, 5.41) is 5.52. The Morgan fingerprint density at radius 1 is 1.10 bits per heavy atom. The molecule has 0 aliphatic heterocycles. The first-order valence-corrected chi connectivity index (χ1v) is 9.74. The second-order valence-corrected chi connectivity index (χ2v) is 6.88. The van der Waals surface area contributed by atoms with Crippen molar-refractivity contribution in [2.45, 2.75) is 13.8 Å². The fourth-order valence-corrected chi connectivity index (χ4v) is 3.27. The van der Waals surface area contributed by atoms with Crippen LogP contribution in [0.2, 0.25) is 0 Å². The third kappa shape index (κ3) is 4.55. The van der Waals surface area contributed by atoms with Crippen LogP contribution in [0.4, 0.5) is 4.79 Å². The average Bonchev–Trinajstić information content (AvgIpc) is 2.77. The number of carbonyl (C=O) groups excluding carboxylic acids is 1. The van der Waals surface area contributed by atoms with Crippen LogP contribution in [0.3, 0.4) is 0 Å². The van der Waals surface area contributed by atoms with Crippen molar-refractivity contribution in [3.05, 3.63) is 45.7 Å². The Balaban J connectivity index is 1.93. The van der Waals surface area contributed by atoms with Crippen LogP contribution < -0.4 is 30.4 Å². The molecule has 0 saturated heterocycles. The van der Waals surface area contributed by atoms with Gasteiger partial charge in [0, 0.05) is 24.2 Å². The van der Waals surface area contributed by atoms with E-state index in [-0.39, 0.29) is 11.6 Å². The number of benzene rings is 2. The number of methoxy groups -OCH3 is 2. The summed E-state index contributed by atoms with van der Waals surface area (Å²) in [4.78, 5) is 31.5. The maximum Gasteiger partial charge on any atom is 0.314 e. The predicted octanol–water partition coefficient (Wildman–Crippen LogP) is 2.53. The molecule has 31 heavy (non-hydrogen) atoms. The van der Waals surface area contributed by atoms with Crippen molar-refractivity contribution in [2.75, 3.05) is 34.4 Å². The van der Waals surface area contributed by atoms with E-state index in [1.165, 1.54) is 7.11 Å². The van der Waals surface area contributed by atoms with Crippen molar-refractivity contribution >= 4 is 16.9 Å². The van der Waals surface area contributed by atoms with E-state index >= 15 is 0 Å². The highest BCUT2D eigenvalue weighted by molar-refractivity contribution is 5.90. The summed E-state index contributed by atoms with van der Waals surface area (Å²) < 4.78 is 16.5. The SMILES string of the molecule is CNC(=O)NCCOc1ccc(-c2nc3c(C)c(OC)cc(OC)c3c(=O)[nH]2)cc1C. The first kappa shape index (κ1) is 21.9. The molecule has 0 unspecified atom stereocenters. The van der Waals surface area contributed by atoms with Gasteiger partial charge in [-0.2, -0.15) is 0 Å². The van der Waals surface area contributed by atoms with Gasteiger partial charge in [-0.3, -0.25) is 4.79 Å². The molecule has 3 aromatic rings. The van der Waals surface area contributed by atoms with Crippen LogP contribution in [0.1, 0.15) is 11.1 Å². The molecule has 3 N–H and O–H groups in total. The van der Waals surface area contributed by atoms with Crippen molar-refractivity contribution in [3.63, 3.8) is 0 Å². The third-order valence-corrected chi connectivity index (χ3v) is 4.91. The van der Waals surface area contributed by atoms with Gasteiger partial charge < -0.3 is 29.8 Å². The van der Waals surface area contributed by atoms with Crippen LogP contribution in [0.25, 0.3) is 22.3 Å². The van der Waals surface area contributed by atoms with E-state index in [4.69, 9.17) is 14.2 Å². The highest BCUT2D eigenvalue weighted by Gasteiger charge is 2.17. The summed E-state index contributed by atoms with van der Waals surface area (Å²) in [7, 11) is 4.62. The van der Waals surface area contributed by atoms with Crippen molar-refractivity contribution in [1.82, 2.24) is 20.6 Å². The van der Waals surface area contributed by atoms with Gasteiger partial charge in [-0.25, -0.2) is 9.78 Å². The number of aryl methyl sites for hydroxylation is 2. The van der Waals surface area contributed by atoms with Gasteiger partial charge in [0.1, 0.15) is 35.1 Å². The second kappa shape index (κ2) is 9.38. The average molecular weight is 426 g/mol. The zero-order valence-electron chi connectivity index (χ0n) is 18.2. The van der Waals surface area contributed by atoms with E-state index < -0.39 is 0 Å². The Bertz CT molecular complexity index is 1170. The lowest BCUT2D eigenvalue weighted by Crippen LogP contribution is -2.35. The summed E-state index contributed by atoms with van der Waals surface area (Å²) in [5.41, 5.74) is 2.61. The normalized spacial score (nSPS) is 10.6. The number of rotatable bonds is 7. The summed E-state index contributed by atoms with van der Waals surface area (Å²) >= 11 is 0. The predicted molar refractivity (Wildman–Crippen MR) is 118 cm³/mol. The lowest BCUT2D eigenvalue weighted by atomic mass is 10.1. The molecular formula is C22H26N4O5. The summed E-state index contributed by atoms with van der Waals surface area (Å²) in [6.07, 6.45) is 0. The van der Waals surface area contributed by atoms with Crippen LogP contribution in [-0.2, 0) is 0 Å². The first-order valence-electron chi connectivity index (χ1n) is 9.74. The van der Waals surface area contributed by atoms with Gasteiger partial charge in [-0.05, 0) is 37.6 Å². The molecule has 2 amide bonds. The van der Waals surface area contributed by atoms with Gasteiger partial charge in [0.05, 0.1) is 26.3 Å². The molecule has 0 fully saturated rings. The number of aromatic nitrogens is 2. The van der Waals surface area contributed by atoms with E-state index in [2.05, 4.69) is 20.6 Å². The van der Waals surface area contributed by atoms with E-state index in [0.29, 0.717) is 47.1 Å². The first-order chi connectivity index (χ1) is 14.9. The maximum atomic E-state index is 12.8. The molecule has 0 atom stereocenters. The Morgan fingerprint density at radius 3 is 2.48 bits per heavy atom. The van der Waals surface area contributed by atoms with Crippen molar-refractivity contribution in [3.8, 4) is 28.6 Å². The topological polar surface area (TPSA) is 115 Å². The number of aromatic amines is 1. The molecule has 0 spiro atoms. The number of carbonyl (C=O) groups is 1. The monoisotopic (exact) mass is 426 g/mol. The number of hydrogen-bond acceptors (Lipinski definition) is 6. The lowest BCUT2D eigenvalue weighted by molar-refractivity contribution is 0.238. The van der Waals surface area contributed by atoms with E-state index in [9.17, 15) is 9.59 Å². The fourth-order valence-electron chi connectivity index (χ4n) is 3.27. The van der Waals surface area contributed by atoms with Crippen LogP contribution in [0, 0.1) is 13.8 Å². The number of urea groups is 1. The van der Waals surface area contributed by atoms with E-state index in [0.717, 1.165) is 16.7 Å². The minimum atomic E-state index is -0.291. The molecule has 0 bridgehead atoms. The Hall–Kier alpha value is -3.75. The van der Waals surface area contributed by atoms with Gasteiger partial charge >= 0.3 is 6.03 Å². The molecule has 1 heterocycles. The molecular weight excluding hydrogens is 400 g/mol. The maximum absolute atomic E-state index is 12.8.